The number of benzene rings is 6. The number of para-hydroxylation sites is 3. The van der Waals surface area contributed by atoms with Crippen LogP contribution in [-0.4, -0.2) is 10.2 Å². The summed E-state index contributed by atoms with van der Waals surface area (Å²) in [6, 6.07) is 49.3. The Morgan fingerprint density at radius 2 is 1.12 bits per heavy atom. The molecule has 0 aliphatic carbocycles. The van der Waals surface area contributed by atoms with Crippen molar-refractivity contribution in [3.63, 3.8) is 0 Å². The molecule has 2 aromatic heterocycles. The monoisotopic (exact) mass is 545 g/mol. The van der Waals surface area contributed by atoms with E-state index in [4.69, 9.17) is 4.98 Å². The predicted molar refractivity (Wildman–Crippen MR) is 173 cm³/mol. The zero-order chi connectivity index (χ0) is 27.4. The number of fused-ring (bicyclic) bond motifs is 7. The molecule has 41 heavy (non-hydrogen) atoms. The zero-order valence-corrected chi connectivity index (χ0v) is 22.9. The first kappa shape index (κ1) is 24.0. The number of pyridine rings is 1. The third-order valence-corrected chi connectivity index (χ3v) is 9.16. The Labute approximate surface area is 241 Å². The molecule has 4 heteroatoms. The second-order valence-corrected chi connectivity index (χ2v) is 11.3. The lowest BCUT2D eigenvalue weighted by Gasteiger charge is -2.29. The molecule has 3 nitrogen and oxygen atoms in total. The summed E-state index contributed by atoms with van der Waals surface area (Å²) in [5.74, 6) is 0. The van der Waals surface area contributed by atoms with Crippen LogP contribution >= 0.6 is 11.3 Å². The van der Waals surface area contributed by atoms with Gasteiger partial charge in [-0.25, -0.2) is 10.2 Å². The molecule has 0 amide bonds. The van der Waals surface area contributed by atoms with E-state index in [1.807, 2.05) is 90.2 Å². The summed E-state index contributed by atoms with van der Waals surface area (Å²) in [6.07, 6.45) is 0. The van der Waals surface area contributed by atoms with E-state index in [1.54, 1.807) is 0 Å². The first-order valence-electron chi connectivity index (χ1n) is 13.7. The highest BCUT2D eigenvalue weighted by atomic mass is 32.1. The zero-order valence-electron chi connectivity index (χ0n) is 22.1. The molecule has 0 aliphatic heterocycles. The Hall–Kier alpha value is -4.87. The molecule has 0 atom stereocenters. The number of hydrogen-bond donors (Lipinski definition) is 1. The summed E-state index contributed by atoms with van der Waals surface area (Å²) in [5.41, 5.74) is 5.10. The molecule has 0 saturated heterocycles. The normalized spacial score (nSPS) is 12.0. The number of aromatic nitrogens is 1. The first-order chi connectivity index (χ1) is 20.2. The van der Waals surface area contributed by atoms with Gasteiger partial charge in [0.05, 0.1) is 11.2 Å². The van der Waals surface area contributed by atoms with Crippen LogP contribution in [0.5, 0.6) is 0 Å². The van der Waals surface area contributed by atoms with E-state index in [1.165, 1.54) is 25.6 Å². The van der Waals surface area contributed by atoms with Gasteiger partial charge >= 0.3 is 0 Å². The van der Waals surface area contributed by atoms with Gasteiger partial charge in [-0.05, 0) is 12.1 Å². The summed E-state index contributed by atoms with van der Waals surface area (Å²) in [5, 5.41) is 18.5. The molecule has 8 rings (SSSR count). The Bertz CT molecular complexity index is 2180. The summed E-state index contributed by atoms with van der Waals surface area (Å²) in [6.45, 7) is 0. The first-order valence-corrected chi connectivity index (χ1v) is 14.5. The fourth-order valence-corrected chi connectivity index (χ4v) is 7.29. The molecular formula is C37H25N2OS+. The van der Waals surface area contributed by atoms with Gasteiger partial charge in [0.15, 0.2) is 17.1 Å². The van der Waals surface area contributed by atoms with Gasteiger partial charge in [0.2, 0.25) is 0 Å². The average molecular weight is 546 g/mol. The summed E-state index contributed by atoms with van der Waals surface area (Å²) in [7, 11) is 0. The van der Waals surface area contributed by atoms with Crippen molar-refractivity contribution in [2.45, 2.75) is 0 Å². The van der Waals surface area contributed by atoms with Gasteiger partial charge in [-0.1, -0.05) is 102 Å². The van der Waals surface area contributed by atoms with E-state index in [0.29, 0.717) is 0 Å². The average Bonchev–Trinajstić information content (AvgIpc) is 3.44. The molecule has 0 radical (unpaired) electrons. The van der Waals surface area contributed by atoms with Crippen LogP contribution in [0.15, 0.2) is 146 Å². The lowest BCUT2D eigenvalue weighted by molar-refractivity contribution is 0.0351. The second kappa shape index (κ2) is 9.36. The largest absolute Gasteiger partial charge is 0.247 e. The van der Waals surface area contributed by atoms with E-state index >= 15 is 0 Å². The highest BCUT2D eigenvalue weighted by molar-refractivity contribution is 7.26. The Balaban J connectivity index is 1.42. The molecule has 0 saturated carbocycles. The second-order valence-electron chi connectivity index (χ2n) is 10.3. The van der Waals surface area contributed by atoms with Gasteiger partial charge in [-0.3, -0.25) is 0 Å². The number of hydrogen-bond acceptors (Lipinski definition) is 3. The number of thiophene rings is 1. The van der Waals surface area contributed by atoms with E-state index < -0.39 is 4.65 Å². The van der Waals surface area contributed by atoms with Gasteiger partial charge in [0.1, 0.15) is 0 Å². The minimum absolute atomic E-state index is 0.443. The van der Waals surface area contributed by atoms with Crippen LogP contribution in [0, 0.1) is 0 Å². The van der Waals surface area contributed by atoms with Crippen LogP contribution in [0.3, 0.4) is 0 Å². The number of quaternary nitrogens is 1. The van der Waals surface area contributed by atoms with Crippen molar-refractivity contribution in [2.75, 3.05) is 0 Å². The molecule has 194 valence electrons. The van der Waals surface area contributed by atoms with Crippen LogP contribution in [-0.2, 0) is 0 Å². The number of rotatable bonds is 4. The van der Waals surface area contributed by atoms with Crippen molar-refractivity contribution in [1.29, 1.82) is 0 Å². The third-order valence-electron chi connectivity index (χ3n) is 7.96. The van der Waals surface area contributed by atoms with Crippen molar-refractivity contribution in [3.8, 4) is 11.3 Å². The lowest BCUT2D eigenvalue weighted by Crippen LogP contribution is -2.34. The highest BCUT2D eigenvalue weighted by Crippen LogP contribution is 2.45. The van der Waals surface area contributed by atoms with Crippen molar-refractivity contribution < 1.29 is 5.21 Å². The van der Waals surface area contributed by atoms with Crippen molar-refractivity contribution in [2.24, 2.45) is 0 Å². The highest BCUT2D eigenvalue weighted by Gasteiger charge is 2.35. The maximum absolute atomic E-state index is 12.4. The Morgan fingerprint density at radius 1 is 0.512 bits per heavy atom. The van der Waals surface area contributed by atoms with E-state index in [9.17, 15) is 5.21 Å². The summed E-state index contributed by atoms with van der Waals surface area (Å²) in [4.78, 5) is 5.22. The molecule has 0 unspecified atom stereocenters. The van der Waals surface area contributed by atoms with Gasteiger partial charge < -0.3 is 0 Å². The van der Waals surface area contributed by atoms with Gasteiger partial charge in [-0.15, -0.1) is 11.3 Å². The minimum atomic E-state index is -0.443. The Kier molecular flexibility index (Phi) is 5.47. The Morgan fingerprint density at radius 3 is 1.88 bits per heavy atom. The quantitative estimate of drug-likeness (QED) is 0.136. The number of nitrogens with zero attached hydrogens (tertiary/aromatic N) is 2. The standard InChI is InChI=1S/C37H25N2OS/c40-39(26-13-3-1-4-14-26,27-15-5-2-6-16-27)28-17-11-12-25(24-28)36-32-23-22-30-29-18-8-10-21-34(29)41-37(30)35(32)31-19-7-9-20-33(31)38-36/h1-24,40H/q+1. The molecule has 2 heterocycles. The predicted octanol–water partition coefficient (Wildman–Crippen LogP) is 10.8. The molecule has 1 N–H and O–H groups in total. The van der Waals surface area contributed by atoms with Crippen LogP contribution in [0.1, 0.15) is 0 Å². The van der Waals surface area contributed by atoms with Crippen molar-refractivity contribution in [3.05, 3.63) is 146 Å². The summed E-state index contributed by atoms with van der Waals surface area (Å²) >= 11 is 1.84. The van der Waals surface area contributed by atoms with Crippen LogP contribution < -0.4 is 4.65 Å². The molecule has 0 bridgehead atoms. The fourth-order valence-electron chi connectivity index (χ4n) is 6.03. The molecule has 6 aromatic carbocycles. The lowest BCUT2D eigenvalue weighted by atomic mass is 9.97. The molecular weight excluding hydrogens is 520 g/mol. The van der Waals surface area contributed by atoms with Crippen LogP contribution in [0.4, 0.5) is 17.1 Å². The minimum Gasteiger partial charge on any atom is -0.247 e. The van der Waals surface area contributed by atoms with Crippen molar-refractivity contribution >= 4 is 70.2 Å². The molecule has 0 spiro atoms. The third kappa shape index (κ3) is 3.70. The molecule has 0 aliphatic rings. The van der Waals surface area contributed by atoms with Gasteiger partial charge in [-0.2, -0.15) is 0 Å². The fraction of sp³-hybridized carbons (Fsp3) is 0. The smallest absolute Gasteiger partial charge is 0.176 e. The summed E-state index contributed by atoms with van der Waals surface area (Å²) < 4.78 is 2.12. The van der Waals surface area contributed by atoms with E-state index in [2.05, 4.69) is 66.7 Å². The van der Waals surface area contributed by atoms with Crippen LogP contribution in [0.2, 0.25) is 0 Å². The van der Waals surface area contributed by atoms with Gasteiger partial charge in [0, 0.05) is 78.3 Å². The molecule has 8 aromatic rings. The maximum Gasteiger partial charge on any atom is 0.176 e. The van der Waals surface area contributed by atoms with Crippen molar-refractivity contribution in [1.82, 2.24) is 9.63 Å². The van der Waals surface area contributed by atoms with Crippen LogP contribution in [0.25, 0.3) is 53.1 Å². The van der Waals surface area contributed by atoms with Gasteiger partial charge in [0.25, 0.3) is 0 Å². The topological polar surface area (TPSA) is 33.1 Å². The SMILES string of the molecule is O[N+](c1ccccc1)(c1ccccc1)c1cccc(-c2nc3ccccc3c3c2ccc2c4ccccc4sc23)c1. The van der Waals surface area contributed by atoms with E-state index in [-0.39, 0.29) is 0 Å². The van der Waals surface area contributed by atoms with E-state index in [0.717, 1.165) is 44.6 Å². The molecule has 0 fully saturated rings. The maximum atomic E-state index is 12.4.